The summed E-state index contributed by atoms with van der Waals surface area (Å²) in [5.41, 5.74) is 5.60. The molecule has 1 saturated carbocycles. The second kappa shape index (κ2) is 4.90. The lowest BCUT2D eigenvalue weighted by Crippen LogP contribution is -2.48. The first-order chi connectivity index (χ1) is 9.61. The molecule has 1 saturated heterocycles. The van der Waals surface area contributed by atoms with Gasteiger partial charge in [0.2, 0.25) is 0 Å². The summed E-state index contributed by atoms with van der Waals surface area (Å²) in [7, 11) is 0. The Kier molecular flexibility index (Phi) is 3.21. The molecule has 2 N–H and O–H groups in total. The number of carbonyl (C=O) groups is 2. The van der Waals surface area contributed by atoms with E-state index in [2.05, 4.69) is 4.98 Å². The number of thiazole rings is 1. The van der Waals surface area contributed by atoms with Crippen LogP contribution in [0, 0.1) is 0 Å². The van der Waals surface area contributed by atoms with Crippen LogP contribution in [-0.2, 0) is 19.1 Å². The highest BCUT2D eigenvalue weighted by Gasteiger charge is 2.47. The van der Waals surface area contributed by atoms with Gasteiger partial charge < -0.3 is 15.2 Å². The van der Waals surface area contributed by atoms with Crippen LogP contribution in [-0.4, -0.2) is 22.7 Å². The number of esters is 2. The largest absolute Gasteiger partial charge is 0.419 e. The zero-order chi connectivity index (χ0) is 14.2. The second-order valence-corrected chi connectivity index (χ2v) is 5.77. The first-order valence-electron chi connectivity index (χ1n) is 6.48. The minimum absolute atomic E-state index is 0.0145. The van der Waals surface area contributed by atoms with Crippen molar-refractivity contribution in [3.8, 4) is 0 Å². The quantitative estimate of drug-likeness (QED) is 0.480. The fraction of sp³-hybridized carbons (Fsp3) is 0.462. The third kappa shape index (κ3) is 2.18. The Balaban J connectivity index is 1.91. The summed E-state index contributed by atoms with van der Waals surface area (Å²) in [5.74, 6) is -2.51. The Labute approximate surface area is 119 Å². The minimum Gasteiger partial charge on any atom is -0.419 e. The lowest BCUT2D eigenvalue weighted by Gasteiger charge is -2.38. The maximum Gasteiger partial charge on any atom is 0.351 e. The van der Waals surface area contributed by atoms with Crippen LogP contribution in [0.1, 0.15) is 37.1 Å². The van der Waals surface area contributed by atoms with Crippen LogP contribution in [0.3, 0.4) is 0 Å². The van der Waals surface area contributed by atoms with Crippen LogP contribution in [0.2, 0.25) is 0 Å². The number of aromatic nitrogens is 1. The van der Waals surface area contributed by atoms with Gasteiger partial charge >= 0.3 is 11.9 Å². The maximum atomic E-state index is 12.1. The number of nitrogens with zero attached hydrogens (tertiary/aromatic N) is 1. The van der Waals surface area contributed by atoms with E-state index in [4.69, 9.17) is 15.2 Å². The molecule has 0 radical (unpaired) electrons. The molecule has 0 atom stereocenters. The van der Waals surface area contributed by atoms with Crippen molar-refractivity contribution in [1.82, 2.24) is 4.98 Å². The molecule has 0 unspecified atom stereocenters. The lowest BCUT2D eigenvalue weighted by atomic mass is 9.93. The molecule has 2 heterocycles. The maximum absolute atomic E-state index is 12.1. The summed E-state index contributed by atoms with van der Waals surface area (Å²) in [6.07, 6.45) is 5.46. The molecule has 2 aliphatic rings. The second-order valence-electron chi connectivity index (χ2n) is 4.88. The van der Waals surface area contributed by atoms with Crippen molar-refractivity contribution >= 4 is 29.0 Å². The van der Waals surface area contributed by atoms with Crippen molar-refractivity contribution in [3.63, 3.8) is 0 Å². The van der Waals surface area contributed by atoms with Crippen molar-refractivity contribution in [2.75, 3.05) is 0 Å². The van der Waals surface area contributed by atoms with Crippen molar-refractivity contribution in [3.05, 3.63) is 22.2 Å². The van der Waals surface area contributed by atoms with Crippen molar-refractivity contribution in [2.24, 2.45) is 5.73 Å². The zero-order valence-electron chi connectivity index (χ0n) is 10.8. The number of hydrogen-bond donors (Lipinski definition) is 1. The standard InChI is InChI=1S/C13H14N2O4S/c14-9(10-15-6-7-20-10)8-11(16)18-13(19-12(8)17)4-2-1-3-5-13/h6-7H,1-5,14H2. The Hall–Kier alpha value is -1.89. The van der Waals surface area contributed by atoms with Crippen molar-refractivity contribution < 1.29 is 19.1 Å². The molecular weight excluding hydrogens is 280 g/mol. The van der Waals surface area contributed by atoms with E-state index in [1.54, 1.807) is 11.6 Å². The third-order valence-corrected chi connectivity index (χ3v) is 4.32. The molecule has 106 valence electrons. The number of ether oxygens (including phenoxy) is 2. The average molecular weight is 294 g/mol. The van der Waals surface area contributed by atoms with Gasteiger partial charge in [-0.3, -0.25) is 0 Å². The molecule has 7 heteroatoms. The van der Waals surface area contributed by atoms with Gasteiger partial charge in [-0.25, -0.2) is 14.6 Å². The van der Waals surface area contributed by atoms with Gasteiger partial charge in [0.15, 0.2) is 5.57 Å². The average Bonchev–Trinajstić information content (AvgIpc) is 2.92. The fourth-order valence-electron chi connectivity index (χ4n) is 2.52. The molecule has 1 aromatic rings. The first-order valence-corrected chi connectivity index (χ1v) is 7.36. The molecule has 1 aromatic heterocycles. The first kappa shape index (κ1) is 13.1. The van der Waals surface area contributed by atoms with Gasteiger partial charge in [-0.15, -0.1) is 11.3 Å². The molecular formula is C13H14N2O4S. The zero-order valence-corrected chi connectivity index (χ0v) is 11.6. The van der Waals surface area contributed by atoms with E-state index in [9.17, 15) is 9.59 Å². The van der Waals surface area contributed by atoms with E-state index in [1.807, 2.05) is 0 Å². The highest BCUT2D eigenvalue weighted by molar-refractivity contribution is 7.10. The van der Waals surface area contributed by atoms with E-state index in [1.165, 1.54) is 11.3 Å². The van der Waals surface area contributed by atoms with Gasteiger partial charge in [-0.05, 0) is 12.8 Å². The van der Waals surface area contributed by atoms with E-state index >= 15 is 0 Å². The van der Waals surface area contributed by atoms with Crippen LogP contribution in [0.15, 0.2) is 17.2 Å². The summed E-state index contributed by atoms with van der Waals surface area (Å²) >= 11 is 1.25. The molecule has 1 aliphatic carbocycles. The summed E-state index contributed by atoms with van der Waals surface area (Å²) in [6.45, 7) is 0. The van der Waals surface area contributed by atoms with Gasteiger partial charge in [0.1, 0.15) is 5.01 Å². The number of rotatable bonds is 1. The number of carbonyl (C=O) groups excluding carboxylic acids is 2. The smallest absolute Gasteiger partial charge is 0.351 e. The van der Waals surface area contributed by atoms with Crippen LogP contribution in [0.25, 0.3) is 5.70 Å². The third-order valence-electron chi connectivity index (χ3n) is 3.51. The van der Waals surface area contributed by atoms with Gasteiger partial charge in [0, 0.05) is 24.4 Å². The van der Waals surface area contributed by atoms with Gasteiger partial charge in [-0.1, -0.05) is 6.42 Å². The van der Waals surface area contributed by atoms with E-state index < -0.39 is 17.7 Å². The normalized spacial score (nSPS) is 21.5. The molecule has 20 heavy (non-hydrogen) atoms. The molecule has 1 aliphatic heterocycles. The topological polar surface area (TPSA) is 91.5 Å². The Morgan fingerprint density at radius 1 is 1.20 bits per heavy atom. The molecule has 0 aromatic carbocycles. The molecule has 3 rings (SSSR count). The van der Waals surface area contributed by atoms with E-state index in [0.717, 1.165) is 19.3 Å². The van der Waals surface area contributed by atoms with Crippen molar-refractivity contribution in [2.45, 2.75) is 37.9 Å². The lowest BCUT2D eigenvalue weighted by molar-refractivity contribution is -0.244. The predicted molar refractivity (Wildman–Crippen MR) is 71.2 cm³/mol. The predicted octanol–water partition coefficient (Wildman–Crippen LogP) is 1.57. The van der Waals surface area contributed by atoms with Crippen LogP contribution >= 0.6 is 11.3 Å². The summed E-state index contributed by atoms with van der Waals surface area (Å²) < 4.78 is 10.7. The minimum atomic E-state index is -1.08. The Morgan fingerprint density at radius 3 is 2.40 bits per heavy atom. The fourth-order valence-corrected chi connectivity index (χ4v) is 3.12. The van der Waals surface area contributed by atoms with Gasteiger partial charge in [0.05, 0.1) is 5.70 Å². The monoisotopic (exact) mass is 294 g/mol. The van der Waals surface area contributed by atoms with Crippen LogP contribution < -0.4 is 5.73 Å². The van der Waals surface area contributed by atoms with E-state index in [0.29, 0.717) is 17.8 Å². The summed E-state index contributed by atoms with van der Waals surface area (Å²) in [5, 5.41) is 2.12. The van der Waals surface area contributed by atoms with Crippen LogP contribution in [0.4, 0.5) is 0 Å². The van der Waals surface area contributed by atoms with E-state index in [-0.39, 0.29) is 11.3 Å². The van der Waals surface area contributed by atoms with Gasteiger partial charge in [-0.2, -0.15) is 0 Å². The number of nitrogens with two attached hydrogens (primary N) is 1. The molecule has 2 fully saturated rings. The molecule has 0 bridgehead atoms. The SMILES string of the molecule is NC(=C1C(=O)OC2(CCCCC2)OC1=O)c1nccs1. The Morgan fingerprint density at radius 2 is 1.85 bits per heavy atom. The van der Waals surface area contributed by atoms with Gasteiger partial charge in [0.25, 0.3) is 5.79 Å². The summed E-state index contributed by atoms with van der Waals surface area (Å²) in [4.78, 5) is 28.2. The Bertz CT molecular complexity index is 551. The molecule has 1 spiro atoms. The number of hydrogen-bond acceptors (Lipinski definition) is 7. The molecule has 6 nitrogen and oxygen atoms in total. The molecule has 0 amide bonds. The highest BCUT2D eigenvalue weighted by Crippen LogP contribution is 2.38. The van der Waals surface area contributed by atoms with Crippen molar-refractivity contribution in [1.29, 1.82) is 0 Å². The summed E-state index contributed by atoms with van der Waals surface area (Å²) in [6, 6.07) is 0. The van der Waals surface area contributed by atoms with Crippen LogP contribution in [0.5, 0.6) is 0 Å². The highest BCUT2D eigenvalue weighted by atomic mass is 32.1.